The number of methoxy groups -OCH3 is 2. The molecule has 0 rings (SSSR count). The van der Waals surface area contributed by atoms with Gasteiger partial charge >= 0.3 is 0 Å². The zero-order valence-electron chi connectivity index (χ0n) is 10.8. The lowest BCUT2D eigenvalue weighted by Gasteiger charge is -2.12. The third kappa shape index (κ3) is 9.94. The van der Waals surface area contributed by atoms with Crippen molar-refractivity contribution in [3.63, 3.8) is 0 Å². The molecule has 0 amide bonds. The van der Waals surface area contributed by atoms with Crippen LogP contribution in [0.1, 0.15) is 44.9 Å². The van der Waals surface area contributed by atoms with Crippen molar-refractivity contribution < 1.29 is 9.47 Å². The minimum atomic E-state index is -0.0180. The Hall–Kier alpha value is -0.600. The average Bonchev–Trinajstić information content (AvgIpc) is 2.32. The molecule has 0 radical (unpaired) electrons. The van der Waals surface area contributed by atoms with Gasteiger partial charge in [-0.3, -0.25) is 0 Å². The minimum Gasteiger partial charge on any atom is -0.356 e. The molecular weight excluding hydrogens is 200 g/mol. The fourth-order valence-corrected chi connectivity index (χ4v) is 1.63. The number of hydrogen-bond acceptors (Lipinski definition) is 2. The summed E-state index contributed by atoms with van der Waals surface area (Å²) in [5.41, 5.74) is 0. The fraction of sp³-hybridized carbons (Fsp3) is 0.714. The van der Waals surface area contributed by atoms with Crippen molar-refractivity contribution in [1.29, 1.82) is 0 Å². The van der Waals surface area contributed by atoms with E-state index in [4.69, 9.17) is 9.47 Å². The van der Waals surface area contributed by atoms with Crippen molar-refractivity contribution in [1.82, 2.24) is 0 Å². The monoisotopic (exact) mass is 226 g/mol. The van der Waals surface area contributed by atoms with Crippen molar-refractivity contribution in [2.24, 2.45) is 0 Å². The van der Waals surface area contributed by atoms with Crippen molar-refractivity contribution in [3.05, 3.63) is 24.8 Å². The zero-order valence-corrected chi connectivity index (χ0v) is 10.8. The molecule has 0 heterocycles. The Morgan fingerprint density at radius 3 is 2.25 bits per heavy atom. The Bertz CT molecular complexity index is 172. The molecule has 0 aliphatic carbocycles. The Balaban J connectivity index is 3.14. The van der Waals surface area contributed by atoms with E-state index in [1.54, 1.807) is 14.2 Å². The lowest BCUT2D eigenvalue weighted by Crippen LogP contribution is -2.12. The lowest BCUT2D eigenvalue weighted by atomic mass is 10.1. The maximum absolute atomic E-state index is 5.13. The largest absolute Gasteiger partial charge is 0.356 e. The molecule has 2 heteroatoms. The van der Waals surface area contributed by atoms with Crippen LogP contribution in [0.15, 0.2) is 24.8 Å². The van der Waals surface area contributed by atoms with E-state index in [1.165, 1.54) is 38.5 Å². The number of unbranched alkanes of at least 4 members (excludes halogenated alkanes) is 5. The number of hydrogen-bond donors (Lipinski definition) is 0. The molecule has 0 aliphatic rings. The minimum absolute atomic E-state index is 0.0180. The van der Waals surface area contributed by atoms with E-state index in [-0.39, 0.29) is 6.29 Å². The molecule has 0 saturated carbocycles. The molecule has 0 aromatic heterocycles. The van der Waals surface area contributed by atoms with Crippen LogP contribution in [0.5, 0.6) is 0 Å². The van der Waals surface area contributed by atoms with Crippen LogP contribution in [0.2, 0.25) is 0 Å². The standard InChI is InChI=1S/C14H26O2/c1-4-5-6-7-8-9-10-11-12-13-14(15-2)16-3/h4-6,14H,1,7-13H2,2-3H3/b6-5-. The molecule has 0 saturated heterocycles. The first kappa shape index (κ1) is 15.4. The summed E-state index contributed by atoms with van der Waals surface area (Å²) in [6, 6.07) is 0. The van der Waals surface area contributed by atoms with Crippen LogP contribution in [0, 0.1) is 0 Å². The Labute approximate surface area is 100 Å². The highest BCUT2D eigenvalue weighted by molar-refractivity contribution is 4.96. The van der Waals surface area contributed by atoms with Crippen LogP contribution < -0.4 is 0 Å². The quantitative estimate of drug-likeness (QED) is 0.300. The zero-order chi connectivity index (χ0) is 12.1. The van der Waals surface area contributed by atoms with Gasteiger partial charge in [0.05, 0.1) is 0 Å². The number of ether oxygens (including phenoxy) is 2. The first-order valence-electron chi connectivity index (χ1n) is 6.18. The van der Waals surface area contributed by atoms with E-state index in [2.05, 4.69) is 12.7 Å². The van der Waals surface area contributed by atoms with Gasteiger partial charge in [-0.2, -0.15) is 0 Å². The van der Waals surface area contributed by atoms with Gasteiger partial charge in [-0.1, -0.05) is 44.1 Å². The van der Waals surface area contributed by atoms with E-state index in [0.29, 0.717) is 0 Å². The van der Waals surface area contributed by atoms with E-state index >= 15 is 0 Å². The second kappa shape index (κ2) is 12.5. The Morgan fingerprint density at radius 2 is 1.62 bits per heavy atom. The van der Waals surface area contributed by atoms with E-state index in [9.17, 15) is 0 Å². The maximum atomic E-state index is 5.13. The molecule has 0 fully saturated rings. The van der Waals surface area contributed by atoms with E-state index in [1.807, 2.05) is 12.2 Å². The van der Waals surface area contributed by atoms with Crippen molar-refractivity contribution in [2.75, 3.05) is 14.2 Å². The second-order valence-corrected chi connectivity index (χ2v) is 3.91. The summed E-state index contributed by atoms with van der Waals surface area (Å²) in [5, 5.41) is 0. The topological polar surface area (TPSA) is 18.5 Å². The molecule has 0 aromatic rings. The third-order valence-corrected chi connectivity index (χ3v) is 2.61. The predicted octanol–water partition coefficient (Wildman–Crippen LogP) is 4.08. The van der Waals surface area contributed by atoms with Gasteiger partial charge in [0.15, 0.2) is 6.29 Å². The summed E-state index contributed by atoms with van der Waals surface area (Å²) in [6.45, 7) is 3.64. The molecule has 2 nitrogen and oxygen atoms in total. The fourth-order valence-electron chi connectivity index (χ4n) is 1.63. The highest BCUT2D eigenvalue weighted by Crippen LogP contribution is 2.10. The van der Waals surface area contributed by atoms with Crippen molar-refractivity contribution in [2.45, 2.75) is 51.2 Å². The molecule has 0 bridgehead atoms. The predicted molar refractivity (Wildman–Crippen MR) is 69.5 cm³/mol. The van der Waals surface area contributed by atoms with Gasteiger partial charge in [0.25, 0.3) is 0 Å². The Morgan fingerprint density at radius 1 is 1.00 bits per heavy atom. The first-order chi connectivity index (χ1) is 7.85. The van der Waals surface area contributed by atoms with Gasteiger partial charge < -0.3 is 9.47 Å². The molecule has 0 aliphatic heterocycles. The summed E-state index contributed by atoms with van der Waals surface area (Å²) in [7, 11) is 3.39. The molecule has 0 N–H and O–H groups in total. The van der Waals surface area contributed by atoms with Gasteiger partial charge in [0.1, 0.15) is 0 Å². The molecular formula is C14H26O2. The summed E-state index contributed by atoms with van der Waals surface area (Å²) in [4.78, 5) is 0. The van der Waals surface area contributed by atoms with Crippen molar-refractivity contribution in [3.8, 4) is 0 Å². The summed E-state index contributed by atoms with van der Waals surface area (Å²) in [5.74, 6) is 0. The van der Waals surface area contributed by atoms with Gasteiger partial charge in [-0.25, -0.2) is 0 Å². The molecule has 94 valence electrons. The number of rotatable bonds is 11. The highest BCUT2D eigenvalue weighted by Gasteiger charge is 2.03. The smallest absolute Gasteiger partial charge is 0.156 e. The average molecular weight is 226 g/mol. The van der Waals surface area contributed by atoms with E-state index in [0.717, 1.165) is 6.42 Å². The summed E-state index contributed by atoms with van der Waals surface area (Å²) < 4.78 is 10.3. The van der Waals surface area contributed by atoms with Crippen LogP contribution in [0.25, 0.3) is 0 Å². The maximum Gasteiger partial charge on any atom is 0.156 e. The van der Waals surface area contributed by atoms with Crippen LogP contribution in [0.4, 0.5) is 0 Å². The lowest BCUT2D eigenvalue weighted by molar-refractivity contribution is -0.107. The van der Waals surface area contributed by atoms with Crippen LogP contribution in [-0.4, -0.2) is 20.5 Å². The third-order valence-electron chi connectivity index (χ3n) is 2.61. The number of allylic oxidation sites excluding steroid dienone is 3. The van der Waals surface area contributed by atoms with Crippen LogP contribution in [0.3, 0.4) is 0 Å². The molecule has 0 aromatic carbocycles. The second-order valence-electron chi connectivity index (χ2n) is 3.91. The molecule has 0 spiro atoms. The van der Waals surface area contributed by atoms with Gasteiger partial charge in [0.2, 0.25) is 0 Å². The Kier molecular flexibility index (Phi) is 12.0. The summed E-state index contributed by atoms with van der Waals surface area (Å²) in [6.07, 6.45) is 14.5. The van der Waals surface area contributed by atoms with Crippen LogP contribution in [-0.2, 0) is 9.47 Å². The summed E-state index contributed by atoms with van der Waals surface area (Å²) >= 11 is 0. The first-order valence-corrected chi connectivity index (χ1v) is 6.18. The molecule has 16 heavy (non-hydrogen) atoms. The van der Waals surface area contributed by atoms with Gasteiger partial charge in [-0.15, -0.1) is 0 Å². The molecule has 0 unspecified atom stereocenters. The molecule has 0 atom stereocenters. The van der Waals surface area contributed by atoms with Gasteiger partial charge in [0, 0.05) is 14.2 Å². The van der Waals surface area contributed by atoms with Gasteiger partial charge in [-0.05, 0) is 25.7 Å². The SMILES string of the molecule is C=C/C=C\CCCCCCCC(OC)OC. The van der Waals surface area contributed by atoms with Crippen LogP contribution >= 0.6 is 0 Å². The van der Waals surface area contributed by atoms with Crippen molar-refractivity contribution >= 4 is 0 Å². The highest BCUT2D eigenvalue weighted by atomic mass is 16.7. The normalized spacial score (nSPS) is 11.4. The van der Waals surface area contributed by atoms with E-state index < -0.39 is 0 Å².